The van der Waals surface area contributed by atoms with E-state index in [0.29, 0.717) is 21.0 Å². The molecule has 0 heterocycles. The lowest BCUT2D eigenvalue weighted by Crippen LogP contribution is -1.97. The summed E-state index contributed by atoms with van der Waals surface area (Å²) in [4.78, 5) is 13.3. The highest BCUT2D eigenvalue weighted by Gasteiger charge is 2.13. The Bertz CT molecular complexity index is 659. The molecule has 0 aliphatic carbocycles. The van der Waals surface area contributed by atoms with Crippen LogP contribution in [-0.4, -0.2) is 5.78 Å². The number of benzene rings is 2. The number of carbonyl (C=O) groups is 1. The standard InChI is InChI=1S/C15H10ClNOS/c1-10(18)14-4-2-3-11(9-17)15(14)19-13-7-5-12(16)6-8-13/h2-8H,1H3. The molecule has 0 aromatic heterocycles. The normalized spacial score (nSPS) is 9.95. The molecular weight excluding hydrogens is 278 g/mol. The van der Waals surface area contributed by atoms with E-state index in [-0.39, 0.29) is 5.78 Å². The summed E-state index contributed by atoms with van der Waals surface area (Å²) in [5.74, 6) is -0.0476. The van der Waals surface area contributed by atoms with Crippen molar-refractivity contribution in [3.05, 3.63) is 58.6 Å². The van der Waals surface area contributed by atoms with E-state index in [2.05, 4.69) is 6.07 Å². The van der Waals surface area contributed by atoms with Crippen molar-refractivity contribution in [1.82, 2.24) is 0 Å². The molecule has 0 atom stereocenters. The Morgan fingerprint density at radius 2 is 1.89 bits per heavy atom. The maximum atomic E-state index is 11.6. The van der Waals surface area contributed by atoms with Crippen molar-refractivity contribution in [2.75, 3.05) is 0 Å². The molecular formula is C15H10ClNOS. The summed E-state index contributed by atoms with van der Waals surface area (Å²) in [6, 6.07) is 14.6. The van der Waals surface area contributed by atoms with Crippen LogP contribution in [0.15, 0.2) is 52.3 Å². The molecule has 0 unspecified atom stereocenters. The van der Waals surface area contributed by atoms with Gasteiger partial charge in [0.2, 0.25) is 0 Å². The summed E-state index contributed by atoms with van der Waals surface area (Å²) in [6.45, 7) is 1.50. The van der Waals surface area contributed by atoms with Crippen LogP contribution in [0.5, 0.6) is 0 Å². The van der Waals surface area contributed by atoms with Gasteiger partial charge in [-0.25, -0.2) is 0 Å². The molecule has 0 radical (unpaired) electrons. The van der Waals surface area contributed by atoms with Gasteiger partial charge in [0.15, 0.2) is 5.78 Å². The number of nitrogens with zero attached hydrogens (tertiary/aromatic N) is 1. The summed E-state index contributed by atoms with van der Waals surface area (Å²) < 4.78 is 0. The molecule has 0 amide bonds. The minimum atomic E-state index is -0.0476. The van der Waals surface area contributed by atoms with Crippen molar-refractivity contribution in [3.8, 4) is 6.07 Å². The molecule has 0 saturated heterocycles. The quantitative estimate of drug-likeness (QED) is 0.777. The van der Waals surface area contributed by atoms with Crippen LogP contribution in [0.2, 0.25) is 5.02 Å². The van der Waals surface area contributed by atoms with E-state index in [1.165, 1.54) is 18.7 Å². The minimum absolute atomic E-state index is 0.0476. The van der Waals surface area contributed by atoms with Gasteiger partial charge in [0.05, 0.1) is 5.56 Å². The van der Waals surface area contributed by atoms with E-state index in [0.717, 1.165) is 4.90 Å². The average molecular weight is 288 g/mol. The zero-order valence-electron chi connectivity index (χ0n) is 10.2. The molecule has 0 aliphatic heterocycles. The smallest absolute Gasteiger partial charge is 0.160 e. The minimum Gasteiger partial charge on any atom is -0.294 e. The van der Waals surface area contributed by atoms with Crippen LogP contribution in [0.4, 0.5) is 0 Å². The molecule has 4 heteroatoms. The maximum Gasteiger partial charge on any atom is 0.160 e. The lowest BCUT2D eigenvalue weighted by Gasteiger charge is -2.08. The Hall–Kier alpha value is -1.76. The first-order chi connectivity index (χ1) is 9.11. The molecule has 2 nitrogen and oxygen atoms in total. The fourth-order valence-electron chi connectivity index (χ4n) is 1.63. The Morgan fingerprint density at radius 1 is 1.21 bits per heavy atom. The lowest BCUT2D eigenvalue weighted by molar-refractivity contribution is 0.101. The average Bonchev–Trinajstić information content (AvgIpc) is 2.41. The number of ketones is 1. The number of hydrogen-bond acceptors (Lipinski definition) is 3. The number of hydrogen-bond donors (Lipinski definition) is 0. The van der Waals surface area contributed by atoms with Crippen molar-refractivity contribution < 1.29 is 4.79 Å². The second kappa shape index (κ2) is 5.92. The van der Waals surface area contributed by atoms with Crippen LogP contribution >= 0.6 is 23.4 Å². The highest BCUT2D eigenvalue weighted by molar-refractivity contribution is 7.99. The zero-order chi connectivity index (χ0) is 13.8. The second-order valence-electron chi connectivity index (χ2n) is 3.91. The van der Waals surface area contributed by atoms with Gasteiger partial charge in [0.1, 0.15) is 6.07 Å². The summed E-state index contributed by atoms with van der Waals surface area (Å²) in [7, 11) is 0. The van der Waals surface area contributed by atoms with Gasteiger partial charge < -0.3 is 0 Å². The Labute approximate surface area is 121 Å². The molecule has 0 fully saturated rings. The molecule has 0 spiro atoms. The van der Waals surface area contributed by atoms with Gasteiger partial charge in [-0.3, -0.25) is 4.79 Å². The summed E-state index contributed by atoms with van der Waals surface area (Å²) in [6.07, 6.45) is 0. The third-order valence-corrected chi connectivity index (χ3v) is 3.95. The van der Waals surface area contributed by atoms with Crippen LogP contribution < -0.4 is 0 Å². The molecule has 2 aromatic rings. The molecule has 0 aliphatic rings. The maximum absolute atomic E-state index is 11.6. The highest BCUT2D eigenvalue weighted by atomic mass is 35.5. The fraction of sp³-hybridized carbons (Fsp3) is 0.0667. The highest BCUT2D eigenvalue weighted by Crippen LogP contribution is 2.34. The third-order valence-electron chi connectivity index (χ3n) is 2.55. The van der Waals surface area contributed by atoms with E-state index in [9.17, 15) is 4.79 Å². The Kier molecular flexibility index (Phi) is 4.26. The third kappa shape index (κ3) is 3.17. The van der Waals surface area contributed by atoms with Crippen LogP contribution in [0.25, 0.3) is 0 Å². The largest absolute Gasteiger partial charge is 0.294 e. The van der Waals surface area contributed by atoms with Crippen molar-refractivity contribution in [2.24, 2.45) is 0 Å². The summed E-state index contributed by atoms with van der Waals surface area (Å²) in [5.41, 5.74) is 1.08. The molecule has 0 saturated carbocycles. The van der Waals surface area contributed by atoms with Gasteiger partial charge in [-0.2, -0.15) is 5.26 Å². The van der Waals surface area contributed by atoms with Crippen LogP contribution in [-0.2, 0) is 0 Å². The van der Waals surface area contributed by atoms with Gasteiger partial charge in [-0.15, -0.1) is 0 Å². The van der Waals surface area contributed by atoms with Crippen molar-refractivity contribution in [2.45, 2.75) is 16.7 Å². The van der Waals surface area contributed by atoms with Gasteiger partial charge in [-0.05, 0) is 37.3 Å². The fourth-order valence-corrected chi connectivity index (χ4v) is 2.81. The molecule has 2 aromatic carbocycles. The Balaban J connectivity index is 2.46. The molecule has 19 heavy (non-hydrogen) atoms. The van der Waals surface area contributed by atoms with Crippen molar-refractivity contribution in [3.63, 3.8) is 0 Å². The van der Waals surface area contributed by atoms with Crippen LogP contribution in [0.1, 0.15) is 22.8 Å². The van der Waals surface area contributed by atoms with Gasteiger partial charge in [-0.1, -0.05) is 35.5 Å². The van der Waals surface area contributed by atoms with Crippen LogP contribution in [0.3, 0.4) is 0 Å². The molecule has 2 rings (SSSR count). The zero-order valence-corrected chi connectivity index (χ0v) is 11.8. The summed E-state index contributed by atoms with van der Waals surface area (Å²) >= 11 is 7.24. The first-order valence-electron chi connectivity index (χ1n) is 5.59. The molecule has 0 bridgehead atoms. The SMILES string of the molecule is CC(=O)c1cccc(C#N)c1Sc1ccc(Cl)cc1. The number of Topliss-reactive ketones (excluding diaryl/α,β-unsaturated/α-hetero) is 1. The van der Waals surface area contributed by atoms with Gasteiger partial charge in [0.25, 0.3) is 0 Å². The van der Waals surface area contributed by atoms with Crippen LogP contribution in [0, 0.1) is 11.3 Å². The van der Waals surface area contributed by atoms with E-state index >= 15 is 0 Å². The summed E-state index contributed by atoms with van der Waals surface area (Å²) in [5, 5.41) is 9.81. The van der Waals surface area contributed by atoms with Crippen molar-refractivity contribution >= 4 is 29.1 Å². The first-order valence-corrected chi connectivity index (χ1v) is 6.78. The predicted molar refractivity (Wildman–Crippen MR) is 76.7 cm³/mol. The Morgan fingerprint density at radius 3 is 2.47 bits per heavy atom. The topological polar surface area (TPSA) is 40.9 Å². The number of rotatable bonds is 3. The molecule has 0 N–H and O–H groups in total. The first kappa shape index (κ1) is 13.7. The predicted octanol–water partition coefficient (Wildman–Crippen LogP) is 4.57. The number of nitriles is 1. The van der Waals surface area contributed by atoms with E-state index in [1.807, 2.05) is 12.1 Å². The van der Waals surface area contributed by atoms with Crippen molar-refractivity contribution in [1.29, 1.82) is 5.26 Å². The number of halogens is 1. The lowest BCUT2D eigenvalue weighted by atomic mass is 10.1. The van der Waals surface area contributed by atoms with Gasteiger partial charge in [0, 0.05) is 20.4 Å². The monoisotopic (exact) mass is 287 g/mol. The molecule has 94 valence electrons. The van der Waals surface area contributed by atoms with E-state index in [4.69, 9.17) is 16.9 Å². The van der Waals surface area contributed by atoms with E-state index in [1.54, 1.807) is 30.3 Å². The van der Waals surface area contributed by atoms with Gasteiger partial charge >= 0.3 is 0 Å². The second-order valence-corrected chi connectivity index (χ2v) is 5.43. The number of carbonyl (C=O) groups excluding carboxylic acids is 1. The van der Waals surface area contributed by atoms with E-state index < -0.39 is 0 Å².